The number of hydrogen-bond donors (Lipinski definition) is 2. The Morgan fingerprint density at radius 3 is 2.94 bits per heavy atom. The van der Waals surface area contributed by atoms with Crippen LogP contribution in [0.3, 0.4) is 0 Å². The van der Waals surface area contributed by atoms with Crippen LogP contribution < -0.4 is 15.5 Å². The lowest BCUT2D eigenvalue weighted by Crippen LogP contribution is -2.46. The Bertz CT molecular complexity index is 430. The molecule has 2 aliphatic heterocycles. The van der Waals surface area contributed by atoms with Gasteiger partial charge in [0.2, 0.25) is 0 Å². The number of urea groups is 1. The lowest BCUT2D eigenvalue weighted by Gasteiger charge is -2.27. The summed E-state index contributed by atoms with van der Waals surface area (Å²) in [7, 11) is 0. The lowest BCUT2D eigenvalue weighted by atomic mass is 10.1. The van der Waals surface area contributed by atoms with Crippen LogP contribution in [0.2, 0.25) is 0 Å². The summed E-state index contributed by atoms with van der Waals surface area (Å²) in [5.41, 5.74) is 3.68. The van der Waals surface area contributed by atoms with Crippen LogP contribution in [0.15, 0.2) is 18.2 Å². The molecule has 3 rings (SSSR count). The molecule has 2 aliphatic rings. The minimum Gasteiger partial charge on any atom is -0.338 e. The summed E-state index contributed by atoms with van der Waals surface area (Å²) in [6.45, 7) is 3.47. The van der Waals surface area contributed by atoms with Crippen LogP contribution in [-0.2, 0) is 13.1 Å². The van der Waals surface area contributed by atoms with Crippen molar-refractivity contribution in [1.29, 1.82) is 0 Å². The SMILES string of the molecule is O=C1NCCCN1c1ccc2c(c1)CNC2. The number of benzene rings is 1. The second kappa shape index (κ2) is 3.79. The molecule has 2 heterocycles. The van der Waals surface area contributed by atoms with Crippen molar-refractivity contribution in [1.82, 2.24) is 10.6 Å². The van der Waals surface area contributed by atoms with Gasteiger partial charge in [-0.05, 0) is 29.7 Å². The van der Waals surface area contributed by atoms with E-state index in [-0.39, 0.29) is 6.03 Å². The first-order valence-electron chi connectivity index (χ1n) is 5.72. The van der Waals surface area contributed by atoms with E-state index in [2.05, 4.69) is 22.8 Å². The molecule has 16 heavy (non-hydrogen) atoms. The Balaban J connectivity index is 1.91. The molecular weight excluding hydrogens is 202 g/mol. The molecule has 0 atom stereocenters. The van der Waals surface area contributed by atoms with Crippen molar-refractivity contribution < 1.29 is 4.79 Å². The fourth-order valence-corrected chi connectivity index (χ4v) is 2.32. The van der Waals surface area contributed by atoms with Crippen molar-refractivity contribution >= 4 is 11.7 Å². The van der Waals surface area contributed by atoms with Gasteiger partial charge in [0.25, 0.3) is 0 Å². The average Bonchev–Trinajstić information content (AvgIpc) is 2.76. The largest absolute Gasteiger partial charge is 0.338 e. The van der Waals surface area contributed by atoms with Crippen molar-refractivity contribution in [2.75, 3.05) is 18.0 Å². The number of carbonyl (C=O) groups excluding carboxylic acids is 1. The van der Waals surface area contributed by atoms with E-state index >= 15 is 0 Å². The zero-order valence-corrected chi connectivity index (χ0v) is 9.12. The van der Waals surface area contributed by atoms with Gasteiger partial charge in [-0.1, -0.05) is 6.07 Å². The van der Waals surface area contributed by atoms with Gasteiger partial charge >= 0.3 is 6.03 Å². The van der Waals surface area contributed by atoms with Gasteiger partial charge in [-0.3, -0.25) is 4.90 Å². The van der Waals surface area contributed by atoms with Crippen LogP contribution in [0, 0.1) is 0 Å². The molecule has 4 heteroatoms. The van der Waals surface area contributed by atoms with E-state index in [0.717, 1.165) is 38.3 Å². The predicted octanol–water partition coefficient (Wildman–Crippen LogP) is 1.21. The molecule has 2 amide bonds. The summed E-state index contributed by atoms with van der Waals surface area (Å²) in [5.74, 6) is 0. The molecule has 2 N–H and O–H groups in total. The summed E-state index contributed by atoms with van der Waals surface area (Å²) < 4.78 is 0. The molecule has 4 nitrogen and oxygen atoms in total. The van der Waals surface area contributed by atoms with E-state index in [1.54, 1.807) is 0 Å². The van der Waals surface area contributed by atoms with Crippen molar-refractivity contribution in [2.24, 2.45) is 0 Å². The molecule has 1 aromatic rings. The van der Waals surface area contributed by atoms with Gasteiger partial charge in [-0.25, -0.2) is 4.79 Å². The third kappa shape index (κ3) is 1.55. The van der Waals surface area contributed by atoms with Crippen LogP contribution in [-0.4, -0.2) is 19.1 Å². The molecule has 0 bridgehead atoms. The average molecular weight is 217 g/mol. The monoisotopic (exact) mass is 217 g/mol. The molecule has 1 fully saturated rings. The first-order valence-corrected chi connectivity index (χ1v) is 5.72. The third-order valence-corrected chi connectivity index (χ3v) is 3.21. The molecule has 0 saturated carbocycles. The van der Waals surface area contributed by atoms with Crippen molar-refractivity contribution in [3.05, 3.63) is 29.3 Å². The van der Waals surface area contributed by atoms with Crippen molar-refractivity contribution in [2.45, 2.75) is 19.5 Å². The van der Waals surface area contributed by atoms with Gasteiger partial charge in [0, 0.05) is 31.9 Å². The van der Waals surface area contributed by atoms with Gasteiger partial charge in [0.1, 0.15) is 0 Å². The summed E-state index contributed by atoms with van der Waals surface area (Å²) in [6, 6.07) is 6.31. The highest BCUT2D eigenvalue weighted by molar-refractivity contribution is 5.92. The Labute approximate surface area is 94.6 Å². The maximum atomic E-state index is 11.7. The summed E-state index contributed by atoms with van der Waals surface area (Å²) in [4.78, 5) is 13.5. The number of nitrogens with one attached hydrogen (secondary N) is 2. The van der Waals surface area contributed by atoms with E-state index in [4.69, 9.17) is 0 Å². The molecule has 0 aromatic heterocycles. The summed E-state index contributed by atoms with van der Waals surface area (Å²) in [6.07, 6.45) is 1.01. The highest BCUT2D eigenvalue weighted by Gasteiger charge is 2.20. The molecule has 84 valence electrons. The molecule has 1 aromatic carbocycles. The molecular formula is C12H15N3O. The highest BCUT2D eigenvalue weighted by Crippen LogP contribution is 2.23. The number of nitrogens with zero attached hydrogens (tertiary/aromatic N) is 1. The number of hydrogen-bond acceptors (Lipinski definition) is 2. The van der Waals surface area contributed by atoms with Crippen molar-refractivity contribution in [3.8, 4) is 0 Å². The maximum absolute atomic E-state index is 11.7. The predicted molar refractivity (Wildman–Crippen MR) is 62.3 cm³/mol. The molecule has 0 spiro atoms. The van der Waals surface area contributed by atoms with Gasteiger partial charge < -0.3 is 10.6 Å². The molecule has 0 aliphatic carbocycles. The van der Waals surface area contributed by atoms with E-state index in [9.17, 15) is 4.79 Å². The van der Waals surface area contributed by atoms with Gasteiger partial charge in [0.15, 0.2) is 0 Å². The van der Waals surface area contributed by atoms with Crippen LogP contribution in [0.25, 0.3) is 0 Å². The van der Waals surface area contributed by atoms with Crippen LogP contribution in [0.5, 0.6) is 0 Å². The standard InChI is InChI=1S/C12H15N3O/c16-12-14-4-1-5-15(12)11-3-2-9-7-13-8-10(9)6-11/h2-3,6,13H,1,4-5,7-8H2,(H,14,16). The Morgan fingerprint density at radius 2 is 2.06 bits per heavy atom. The first-order chi connectivity index (χ1) is 7.84. The zero-order valence-electron chi connectivity index (χ0n) is 9.12. The fraction of sp³-hybridized carbons (Fsp3) is 0.417. The van der Waals surface area contributed by atoms with Crippen molar-refractivity contribution in [3.63, 3.8) is 0 Å². The maximum Gasteiger partial charge on any atom is 0.321 e. The quantitative estimate of drug-likeness (QED) is 0.742. The number of amides is 2. The van der Waals surface area contributed by atoms with Gasteiger partial charge in [-0.15, -0.1) is 0 Å². The number of anilines is 1. The summed E-state index contributed by atoms with van der Waals surface area (Å²) >= 11 is 0. The second-order valence-electron chi connectivity index (χ2n) is 4.29. The van der Waals surface area contributed by atoms with Gasteiger partial charge in [0.05, 0.1) is 0 Å². The Morgan fingerprint density at radius 1 is 1.19 bits per heavy atom. The molecule has 0 radical (unpaired) electrons. The fourth-order valence-electron chi connectivity index (χ4n) is 2.32. The van der Waals surface area contributed by atoms with E-state index in [1.165, 1.54) is 11.1 Å². The Hall–Kier alpha value is -1.55. The highest BCUT2D eigenvalue weighted by atomic mass is 16.2. The summed E-state index contributed by atoms with van der Waals surface area (Å²) in [5, 5.41) is 6.18. The smallest absolute Gasteiger partial charge is 0.321 e. The van der Waals surface area contributed by atoms with Crippen LogP contribution in [0.4, 0.5) is 10.5 Å². The number of carbonyl (C=O) groups is 1. The normalized spacial score (nSPS) is 19.5. The number of rotatable bonds is 1. The minimum absolute atomic E-state index is 0.0251. The van der Waals surface area contributed by atoms with Crippen LogP contribution >= 0.6 is 0 Å². The van der Waals surface area contributed by atoms with E-state index in [0.29, 0.717) is 0 Å². The molecule has 0 unspecified atom stereocenters. The van der Waals surface area contributed by atoms with E-state index < -0.39 is 0 Å². The first kappa shape index (κ1) is 9.66. The third-order valence-electron chi connectivity index (χ3n) is 3.21. The number of fused-ring (bicyclic) bond motifs is 1. The van der Waals surface area contributed by atoms with E-state index in [1.807, 2.05) is 11.0 Å². The Kier molecular flexibility index (Phi) is 2.29. The minimum atomic E-state index is 0.0251. The second-order valence-corrected chi connectivity index (χ2v) is 4.29. The van der Waals surface area contributed by atoms with Crippen LogP contribution in [0.1, 0.15) is 17.5 Å². The topological polar surface area (TPSA) is 44.4 Å². The molecule has 1 saturated heterocycles. The lowest BCUT2D eigenvalue weighted by molar-refractivity contribution is 0.243. The zero-order chi connectivity index (χ0) is 11.0. The van der Waals surface area contributed by atoms with Gasteiger partial charge in [-0.2, -0.15) is 0 Å².